The van der Waals surface area contributed by atoms with Crippen molar-refractivity contribution in [2.24, 2.45) is 5.84 Å². The van der Waals surface area contributed by atoms with Gasteiger partial charge in [0.1, 0.15) is 9.84 Å². The van der Waals surface area contributed by atoms with E-state index in [0.29, 0.717) is 6.42 Å². The summed E-state index contributed by atoms with van der Waals surface area (Å²) in [5.74, 6) is 5.62. The van der Waals surface area contributed by atoms with E-state index in [1.807, 2.05) is 26.0 Å². The van der Waals surface area contributed by atoms with Crippen molar-refractivity contribution in [3.8, 4) is 0 Å². The molecule has 0 aliphatic rings. The maximum Gasteiger partial charge on any atom is 0.147 e. The molecule has 17 heavy (non-hydrogen) atoms. The topological polar surface area (TPSA) is 72.2 Å². The summed E-state index contributed by atoms with van der Waals surface area (Å²) in [6.45, 7) is 4.03. The van der Waals surface area contributed by atoms with Gasteiger partial charge in [-0.2, -0.15) is 0 Å². The van der Waals surface area contributed by atoms with Crippen molar-refractivity contribution in [2.45, 2.75) is 26.3 Å². The van der Waals surface area contributed by atoms with Crippen LogP contribution in [0.1, 0.15) is 29.2 Å². The van der Waals surface area contributed by atoms with Crippen LogP contribution in [0.25, 0.3) is 0 Å². The molecule has 0 radical (unpaired) electrons. The molecule has 1 aromatic carbocycles. The summed E-state index contributed by atoms with van der Waals surface area (Å²) in [6, 6.07) is 6.01. The number of aryl methyl sites for hydroxylation is 2. The third-order valence-electron chi connectivity index (χ3n) is 2.62. The maximum atomic E-state index is 11.1. The molecule has 1 aromatic rings. The summed E-state index contributed by atoms with van der Waals surface area (Å²) < 4.78 is 22.3. The number of hydrogen-bond donors (Lipinski definition) is 2. The second kappa shape index (κ2) is 5.62. The Bertz CT molecular complexity index is 463. The van der Waals surface area contributed by atoms with Crippen molar-refractivity contribution in [1.82, 2.24) is 5.43 Å². The van der Waals surface area contributed by atoms with Crippen LogP contribution in [0.3, 0.4) is 0 Å². The third-order valence-corrected chi connectivity index (χ3v) is 3.60. The van der Waals surface area contributed by atoms with Crippen LogP contribution >= 0.6 is 0 Å². The average molecular weight is 256 g/mol. The molecule has 0 bridgehead atoms. The fourth-order valence-electron chi connectivity index (χ4n) is 1.89. The van der Waals surface area contributed by atoms with E-state index in [9.17, 15) is 8.42 Å². The van der Waals surface area contributed by atoms with Gasteiger partial charge in [-0.1, -0.05) is 29.3 Å². The zero-order valence-corrected chi connectivity index (χ0v) is 11.3. The Hall–Kier alpha value is -0.910. The van der Waals surface area contributed by atoms with Gasteiger partial charge in [-0.25, -0.2) is 8.42 Å². The molecule has 0 saturated carbocycles. The van der Waals surface area contributed by atoms with Gasteiger partial charge < -0.3 is 0 Å². The zero-order valence-electron chi connectivity index (χ0n) is 10.5. The Morgan fingerprint density at radius 3 is 2.18 bits per heavy atom. The van der Waals surface area contributed by atoms with Gasteiger partial charge in [0, 0.05) is 12.3 Å². The van der Waals surface area contributed by atoms with Gasteiger partial charge >= 0.3 is 0 Å². The van der Waals surface area contributed by atoms with E-state index in [1.165, 1.54) is 6.26 Å². The van der Waals surface area contributed by atoms with Gasteiger partial charge in [-0.05, 0) is 25.8 Å². The molecule has 0 heterocycles. The molecule has 0 aliphatic carbocycles. The first-order valence-corrected chi connectivity index (χ1v) is 7.60. The monoisotopic (exact) mass is 256 g/mol. The van der Waals surface area contributed by atoms with Crippen LogP contribution in [0, 0.1) is 13.8 Å². The van der Waals surface area contributed by atoms with Gasteiger partial charge in [0.25, 0.3) is 0 Å². The highest BCUT2D eigenvalue weighted by molar-refractivity contribution is 7.90. The lowest BCUT2D eigenvalue weighted by molar-refractivity contribution is 0.531. The molecule has 0 aliphatic heterocycles. The Labute approximate surface area is 103 Å². The molecule has 5 heteroatoms. The number of hydrogen-bond acceptors (Lipinski definition) is 4. The van der Waals surface area contributed by atoms with E-state index in [4.69, 9.17) is 5.84 Å². The predicted octanol–water partition coefficient (Wildman–Crippen LogP) is 1.24. The maximum absolute atomic E-state index is 11.1. The number of rotatable bonds is 5. The largest absolute Gasteiger partial charge is 0.271 e. The number of nitrogens with two attached hydrogens (primary N) is 1. The second-order valence-electron chi connectivity index (χ2n) is 4.56. The number of sulfone groups is 1. The van der Waals surface area contributed by atoms with Crippen molar-refractivity contribution in [1.29, 1.82) is 0 Å². The molecule has 3 N–H and O–H groups in total. The summed E-state index contributed by atoms with van der Waals surface area (Å²) in [5, 5.41) is 0. The molecular weight excluding hydrogens is 236 g/mol. The van der Waals surface area contributed by atoms with Crippen molar-refractivity contribution < 1.29 is 8.42 Å². The first-order valence-electron chi connectivity index (χ1n) is 5.54. The molecular formula is C12H20N2O2S. The molecule has 0 fully saturated rings. The quantitative estimate of drug-likeness (QED) is 0.614. The summed E-state index contributed by atoms with van der Waals surface area (Å²) in [4.78, 5) is 0. The van der Waals surface area contributed by atoms with Gasteiger partial charge in [0.2, 0.25) is 0 Å². The summed E-state index contributed by atoms with van der Waals surface area (Å²) in [7, 11) is -2.95. The third kappa shape index (κ3) is 4.85. The molecule has 1 unspecified atom stereocenters. The first kappa shape index (κ1) is 14.2. The standard InChI is InChI=1S/C12H20N2O2S/c1-9-6-10(2)8-11(7-9)12(14-13)4-5-17(3,15)16/h6-8,12,14H,4-5,13H2,1-3H3. The molecule has 1 atom stereocenters. The van der Waals surface area contributed by atoms with E-state index in [-0.39, 0.29) is 11.8 Å². The highest BCUT2D eigenvalue weighted by atomic mass is 32.2. The van der Waals surface area contributed by atoms with E-state index < -0.39 is 9.84 Å². The van der Waals surface area contributed by atoms with Gasteiger partial charge in [-0.15, -0.1) is 0 Å². The van der Waals surface area contributed by atoms with Gasteiger partial charge in [-0.3, -0.25) is 11.3 Å². The van der Waals surface area contributed by atoms with Crippen LogP contribution in [-0.4, -0.2) is 20.4 Å². The Balaban J connectivity index is 2.86. The lowest BCUT2D eigenvalue weighted by atomic mass is 10.0. The van der Waals surface area contributed by atoms with Crippen LogP contribution in [-0.2, 0) is 9.84 Å². The fourth-order valence-corrected chi connectivity index (χ4v) is 2.55. The van der Waals surface area contributed by atoms with E-state index in [2.05, 4.69) is 11.5 Å². The van der Waals surface area contributed by atoms with Crippen LogP contribution in [0.15, 0.2) is 18.2 Å². The summed E-state index contributed by atoms with van der Waals surface area (Å²) in [5.41, 5.74) is 6.02. The highest BCUT2D eigenvalue weighted by Gasteiger charge is 2.13. The van der Waals surface area contributed by atoms with Crippen LogP contribution in [0.5, 0.6) is 0 Å². The summed E-state index contributed by atoms with van der Waals surface area (Å²) in [6.07, 6.45) is 1.72. The highest BCUT2D eigenvalue weighted by Crippen LogP contribution is 2.19. The smallest absolute Gasteiger partial charge is 0.147 e. The van der Waals surface area contributed by atoms with E-state index in [1.54, 1.807) is 0 Å². The van der Waals surface area contributed by atoms with Crippen LogP contribution in [0.2, 0.25) is 0 Å². The normalized spacial score (nSPS) is 13.6. The van der Waals surface area contributed by atoms with E-state index in [0.717, 1.165) is 16.7 Å². The predicted molar refractivity (Wildman–Crippen MR) is 70.3 cm³/mol. The van der Waals surface area contributed by atoms with Crippen LogP contribution in [0.4, 0.5) is 0 Å². The lowest BCUT2D eigenvalue weighted by Gasteiger charge is -2.17. The van der Waals surface area contributed by atoms with Crippen LogP contribution < -0.4 is 11.3 Å². The Kier molecular flexibility index (Phi) is 4.68. The average Bonchev–Trinajstić information content (AvgIpc) is 2.15. The lowest BCUT2D eigenvalue weighted by Crippen LogP contribution is -2.29. The zero-order chi connectivity index (χ0) is 13.1. The Morgan fingerprint density at radius 1 is 1.24 bits per heavy atom. The number of nitrogens with one attached hydrogen (secondary N) is 1. The summed E-state index contributed by atoms with van der Waals surface area (Å²) >= 11 is 0. The first-order chi connectivity index (χ1) is 7.81. The van der Waals surface area contributed by atoms with Crippen molar-refractivity contribution in [3.63, 3.8) is 0 Å². The minimum absolute atomic E-state index is 0.122. The minimum atomic E-state index is -2.95. The Morgan fingerprint density at radius 2 is 1.76 bits per heavy atom. The van der Waals surface area contributed by atoms with Crippen molar-refractivity contribution in [2.75, 3.05) is 12.0 Å². The number of hydrazine groups is 1. The molecule has 0 amide bonds. The fraction of sp³-hybridized carbons (Fsp3) is 0.500. The molecule has 96 valence electrons. The van der Waals surface area contributed by atoms with Crippen molar-refractivity contribution in [3.05, 3.63) is 34.9 Å². The molecule has 0 spiro atoms. The van der Waals surface area contributed by atoms with E-state index >= 15 is 0 Å². The van der Waals surface area contributed by atoms with Gasteiger partial charge in [0.15, 0.2) is 0 Å². The second-order valence-corrected chi connectivity index (χ2v) is 6.82. The molecule has 0 aromatic heterocycles. The molecule has 4 nitrogen and oxygen atoms in total. The minimum Gasteiger partial charge on any atom is -0.271 e. The number of benzene rings is 1. The van der Waals surface area contributed by atoms with Crippen molar-refractivity contribution >= 4 is 9.84 Å². The van der Waals surface area contributed by atoms with Gasteiger partial charge in [0.05, 0.1) is 5.75 Å². The molecule has 1 rings (SSSR count). The SMILES string of the molecule is Cc1cc(C)cc(C(CCS(C)(=O)=O)NN)c1. The molecule has 0 saturated heterocycles.